The van der Waals surface area contributed by atoms with Gasteiger partial charge < -0.3 is 10.4 Å². The highest BCUT2D eigenvalue weighted by atomic mass is 16.3. The number of carbonyl (C=O) groups is 1. The van der Waals surface area contributed by atoms with E-state index in [1.165, 1.54) is 10.9 Å². The van der Waals surface area contributed by atoms with Gasteiger partial charge in [0, 0.05) is 13.6 Å². The standard InChI is InChI=1S/C11H18N4O3/c1-14-7-13-15(11(14)18)6-10(17)12-5-9(16)8-3-2-4-8/h7-9,16H,2-6H2,1H3,(H,12,17). The van der Waals surface area contributed by atoms with E-state index < -0.39 is 6.10 Å². The quantitative estimate of drug-likeness (QED) is 0.695. The number of carbonyl (C=O) groups excluding carboxylic acids is 1. The Morgan fingerprint density at radius 3 is 2.89 bits per heavy atom. The van der Waals surface area contributed by atoms with Crippen LogP contribution in [0.2, 0.25) is 0 Å². The zero-order chi connectivity index (χ0) is 13.1. The predicted molar refractivity (Wildman–Crippen MR) is 63.8 cm³/mol. The summed E-state index contributed by atoms with van der Waals surface area (Å²) in [6.45, 7) is 0.127. The first kappa shape index (κ1) is 12.8. The molecule has 1 aromatic heterocycles. The van der Waals surface area contributed by atoms with Gasteiger partial charge in [-0.25, -0.2) is 9.48 Å². The molecule has 1 aliphatic carbocycles. The third kappa shape index (κ3) is 2.79. The molecule has 0 radical (unpaired) electrons. The molecule has 0 aliphatic heterocycles. The fourth-order valence-corrected chi connectivity index (χ4v) is 1.93. The van der Waals surface area contributed by atoms with E-state index in [1.807, 2.05) is 0 Å². The lowest BCUT2D eigenvalue weighted by molar-refractivity contribution is -0.122. The van der Waals surface area contributed by atoms with Crippen molar-refractivity contribution in [3.05, 3.63) is 16.8 Å². The van der Waals surface area contributed by atoms with Crippen LogP contribution in [-0.2, 0) is 18.4 Å². The third-order valence-electron chi connectivity index (χ3n) is 3.38. The number of hydrogen-bond acceptors (Lipinski definition) is 4. The second-order valence-corrected chi connectivity index (χ2v) is 4.74. The first-order valence-corrected chi connectivity index (χ1v) is 6.11. The fourth-order valence-electron chi connectivity index (χ4n) is 1.93. The smallest absolute Gasteiger partial charge is 0.345 e. The normalized spacial score (nSPS) is 17.2. The molecule has 2 rings (SSSR count). The zero-order valence-corrected chi connectivity index (χ0v) is 10.4. The van der Waals surface area contributed by atoms with Crippen molar-refractivity contribution in [3.63, 3.8) is 0 Å². The number of hydrogen-bond donors (Lipinski definition) is 2. The number of rotatable bonds is 5. The van der Waals surface area contributed by atoms with Gasteiger partial charge in [0.2, 0.25) is 5.91 Å². The van der Waals surface area contributed by atoms with E-state index in [0.717, 1.165) is 23.9 Å². The van der Waals surface area contributed by atoms with E-state index in [9.17, 15) is 14.7 Å². The van der Waals surface area contributed by atoms with Gasteiger partial charge in [-0.2, -0.15) is 5.10 Å². The van der Waals surface area contributed by atoms with Crippen molar-refractivity contribution in [1.82, 2.24) is 19.7 Å². The largest absolute Gasteiger partial charge is 0.391 e. The summed E-state index contributed by atoms with van der Waals surface area (Å²) in [5, 5.41) is 16.1. The maximum Gasteiger partial charge on any atom is 0.345 e. The zero-order valence-electron chi connectivity index (χ0n) is 10.4. The second kappa shape index (κ2) is 5.34. The monoisotopic (exact) mass is 254 g/mol. The van der Waals surface area contributed by atoms with Crippen molar-refractivity contribution in [2.24, 2.45) is 13.0 Å². The van der Waals surface area contributed by atoms with E-state index >= 15 is 0 Å². The fraction of sp³-hybridized carbons (Fsp3) is 0.727. The number of aryl methyl sites for hydroxylation is 1. The minimum atomic E-state index is -0.483. The molecule has 1 aromatic rings. The maximum absolute atomic E-state index is 11.6. The molecule has 2 N–H and O–H groups in total. The first-order valence-electron chi connectivity index (χ1n) is 6.11. The van der Waals surface area contributed by atoms with Crippen LogP contribution in [0.15, 0.2) is 11.1 Å². The molecule has 7 heteroatoms. The van der Waals surface area contributed by atoms with Crippen LogP contribution in [0.25, 0.3) is 0 Å². The average molecular weight is 254 g/mol. The summed E-state index contributed by atoms with van der Waals surface area (Å²) in [7, 11) is 1.57. The molecule has 0 spiro atoms. The van der Waals surface area contributed by atoms with Crippen molar-refractivity contribution in [1.29, 1.82) is 0 Å². The molecule has 1 aliphatic rings. The number of aliphatic hydroxyl groups excluding tert-OH is 1. The van der Waals surface area contributed by atoms with Gasteiger partial charge in [0.25, 0.3) is 0 Å². The number of nitrogens with one attached hydrogen (secondary N) is 1. The van der Waals surface area contributed by atoms with Gasteiger partial charge in [0.05, 0.1) is 6.10 Å². The Bertz CT molecular complexity index is 475. The van der Waals surface area contributed by atoms with Crippen LogP contribution in [0.1, 0.15) is 19.3 Å². The molecule has 1 heterocycles. The summed E-state index contributed by atoms with van der Waals surface area (Å²) in [6, 6.07) is 0. The molecule has 1 atom stereocenters. The molecule has 0 saturated heterocycles. The van der Waals surface area contributed by atoms with Gasteiger partial charge in [-0.05, 0) is 18.8 Å². The third-order valence-corrected chi connectivity index (χ3v) is 3.38. The Balaban J connectivity index is 1.78. The van der Waals surface area contributed by atoms with E-state index in [1.54, 1.807) is 7.05 Å². The van der Waals surface area contributed by atoms with Crippen molar-refractivity contribution < 1.29 is 9.90 Å². The maximum atomic E-state index is 11.6. The van der Waals surface area contributed by atoms with Crippen LogP contribution >= 0.6 is 0 Å². The summed E-state index contributed by atoms with van der Waals surface area (Å²) in [4.78, 5) is 23.0. The topological polar surface area (TPSA) is 89.2 Å². The molecule has 1 amide bonds. The summed E-state index contributed by atoms with van der Waals surface area (Å²) in [5.74, 6) is -0.00273. The van der Waals surface area contributed by atoms with Gasteiger partial charge in [-0.15, -0.1) is 0 Å². The Morgan fingerprint density at radius 2 is 2.39 bits per heavy atom. The highest BCUT2D eigenvalue weighted by Crippen LogP contribution is 2.29. The first-order chi connectivity index (χ1) is 8.58. The minimum absolute atomic E-state index is 0.114. The van der Waals surface area contributed by atoms with Crippen LogP contribution < -0.4 is 11.0 Å². The summed E-state index contributed by atoms with van der Waals surface area (Å²) >= 11 is 0. The minimum Gasteiger partial charge on any atom is -0.391 e. The summed E-state index contributed by atoms with van der Waals surface area (Å²) in [5.41, 5.74) is -0.329. The average Bonchev–Trinajstić information content (AvgIpc) is 2.56. The Morgan fingerprint density at radius 1 is 1.67 bits per heavy atom. The lowest BCUT2D eigenvalue weighted by atomic mass is 9.81. The Labute approximate surface area is 104 Å². The Kier molecular flexibility index (Phi) is 3.81. The number of nitrogens with zero attached hydrogens (tertiary/aromatic N) is 3. The molecular weight excluding hydrogens is 236 g/mol. The highest BCUT2D eigenvalue weighted by Gasteiger charge is 2.25. The van der Waals surface area contributed by atoms with E-state index in [0.29, 0.717) is 5.92 Å². The van der Waals surface area contributed by atoms with Gasteiger partial charge in [0.1, 0.15) is 12.9 Å². The van der Waals surface area contributed by atoms with Crippen LogP contribution in [0.5, 0.6) is 0 Å². The lowest BCUT2D eigenvalue weighted by Crippen LogP contribution is -2.41. The molecular formula is C11H18N4O3. The second-order valence-electron chi connectivity index (χ2n) is 4.74. The van der Waals surface area contributed by atoms with E-state index in [4.69, 9.17) is 0 Å². The lowest BCUT2D eigenvalue weighted by Gasteiger charge is -2.30. The SMILES string of the molecule is Cn1cnn(CC(=O)NCC(O)C2CCC2)c1=O. The molecule has 100 valence electrons. The number of aliphatic hydroxyl groups is 1. The molecule has 7 nitrogen and oxygen atoms in total. The molecule has 1 saturated carbocycles. The number of aromatic nitrogens is 3. The van der Waals surface area contributed by atoms with Gasteiger partial charge >= 0.3 is 5.69 Å². The van der Waals surface area contributed by atoms with Gasteiger partial charge in [0.15, 0.2) is 0 Å². The summed E-state index contributed by atoms with van der Waals surface area (Å²) in [6.07, 6.45) is 4.08. The molecule has 18 heavy (non-hydrogen) atoms. The molecule has 0 aromatic carbocycles. The van der Waals surface area contributed by atoms with Crippen molar-refractivity contribution in [2.75, 3.05) is 6.54 Å². The number of amides is 1. The summed E-state index contributed by atoms with van der Waals surface area (Å²) < 4.78 is 2.39. The van der Waals surface area contributed by atoms with Crippen LogP contribution in [0, 0.1) is 5.92 Å². The Hall–Kier alpha value is -1.63. The van der Waals surface area contributed by atoms with Crippen LogP contribution in [-0.4, -0.2) is 38.0 Å². The highest BCUT2D eigenvalue weighted by molar-refractivity contribution is 5.75. The predicted octanol–water partition coefficient (Wildman–Crippen LogP) is -1.14. The van der Waals surface area contributed by atoms with Crippen molar-refractivity contribution in [3.8, 4) is 0 Å². The van der Waals surface area contributed by atoms with Crippen LogP contribution in [0.4, 0.5) is 0 Å². The van der Waals surface area contributed by atoms with E-state index in [-0.39, 0.29) is 24.7 Å². The molecule has 0 bridgehead atoms. The van der Waals surface area contributed by atoms with Crippen molar-refractivity contribution >= 4 is 5.91 Å². The van der Waals surface area contributed by atoms with Crippen molar-refractivity contribution in [2.45, 2.75) is 31.9 Å². The van der Waals surface area contributed by atoms with Gasteiger partial charge in [-0.3, -0.25) is 9.36 Å². The molecule has 1 fully saturated rings. The molecule has 1 unspecified atom stereocenters. The van der Waals surface area contributed by atoms with E-state index in [2.05, 4.69) is 10.4 Å². The van der Waals surface area contributed by atoms with Crippen LogP contribution in [0.3, 0.4) is 0 Å². The van der Waals surface area contributed by atoms with Gasteiger partial charge in [-0.1, -0.05) is 6.42 Å².